The van der Waals surface area contributed by atoms with E-state index >= 15 is 0 Å². The molecule has 190 valence electrons. The summed E-state index contributed by atoms with van der Waals surface area (Å²) < 4.78 is 3.98. The van der Waals surface area contributed by atoms with Crippen LogP contribution in [-0.2, 0) is 18.5 Å². The Morgan fingerprint density at radius 3 is 1.95 bits per heavy atom. The zero-order valence-electron chi connectivity index (χ0n) is 20.3. The Balaban J connectivity index is 1.62. The van der Waals surface area contributed by atoms with Crippen molar-refractivity contribution in [3.8, 4) is 0 Å². The second-order valence-corrected chi connectivity index (χ2v) is 12.5. The van der Waals surface area contributed by atoms with E-state index in [2.05, 4.69) is 42.5 Å². The van der Waals surface area contributed by atoms with Crippen LogP contribution in [0.25, 0.3) is 0 Å². The quantitative estimate of drug-likeness (QED) is 0.223. The Morgan fingerprint density at radius 1 is 0.816 bits per heavy atom. The summed E-state index contributed by atoms with van der Waals surface area (Å²) in [5.41, 5.74) is 5.19. The lowest BCUT2D eigenvalue weighted by molar-refractivity contribution is -0.134. The lowest BCUT2D eigenvalue weighted by atomic mass is 9.82. The molecule has 0 saturated carbocycles. The van der Waals surface area contributed by atoms with Crippen LogP contribution >= 0.6 is 46.7 Å². The van der Waals surface area contributed by atoms with Gasteiger partial charge in [0.25, 0.3) is 0 Å². The van der Waals surface area contributed by atoms with Crippen molar-refractivity contribution in [3.63, 3.8) is 0 Å². The molecule has 8 heteroatoms. The first-order valence-electron chi connectivity index (χ1n) is 12.1. The summed E-state index contributed by atoms with van der Waals surface area (Å²) >= 11 is 15.8. The largest absolute Gasteiger partial charge is 0.461 e. The van der Waals surface area contributed by atoms with E-state index < -0.39 is 14.9 Å². The monoisotopic (exact) mass is 576 g/mol. The lowest BCUT2D eigenvalue weighted by Gasteiger charge is -2.37. The molecule has 6 rings (SSSR count). The van der Waals surface area contributed by atoms with Crippen molar-refractivity contribution in [1.29, 1.82) is 0 Å². The Bertz CT molecular complexity index is 1480. The van der Waals surface area contributed by atoms with Gasteiger partial charge in [-0.2, -0.15) is 5.10 Å². The molecular formula is C30H22Cl2N2O2S2. The van der Waals surface area contributed by atoms with Crippen molar-refractivity contribution in [1.82, 2.24) is 0 Å². The molecular weight excluding hydrogens is 555 g/mol. The van der Waals surface area contributed by atoms with Gasteiger partial charge in [0.05, 0.1) is 17.0 Å². The zero-order chi connectivity index (χ0) is 26.3. The van der Waals surface area contributed by atoms with Crippen LogP contribution in [0, 0.1) is 0 Å². The Hall–Kier alpha value is -2.90. The van der Waals surface area contributed by atoms with Gasteiger partial charge in [-0.1, -0.05) is 113 Å². The molecule has 0 amide bonds. The molecule has 0 aromatic heterocycles. The highest BCUT2D eigenvalue weighted by Gasteiger charge is 2.61. The first kappa shape index (κ1) is 25.4. The third-order valence-electron chi connectivity index (χ3n) is 6.60. The van der Waals surface area contributed by atoms with Crippen LogP contribution in [0.2, 0.25) is 10.0 Å². The second kappa shape index (κ2) is 10.0. The summed E-state index contributed by atoms with van der Waals surface area (Å²) in [7, 11) is 0. The molecule has 0 radical (unpaired) electrons. The van der Waals surface area contributed by atoms with Gasteiger partial charge in [0.15, 0.2) is 4.20 Å². The predicted molar refractivity (Wildman–Crippen MR) is 159 cm³/mol. The van der Waals surface area contributed by atoms with Gasteiger partial charge in [0.2, 0.25) is 5.04 Å². The number of fused-ring (bicyclic) bond motifs is 2. The molecule has 4 nitrogen and oxygen atoms in total. The Kier molecular flexibility index (Phi) is 6.68. The van der Waals surface area contributed by atoms with E-state index in [0.29, 0.717) is 15.1 Å². The fourth-order valence-electron chi connectivity index (χ4n) is 5.00. The van der Waals surface area contributed by atoms with Crippen LogP contribution in [0.3, 0.4) is 0 Å². The molecule has 0 N–H and O–H groups in total. The van der Waals surface area contributed by atoms with Gasteiger partial charge in [0.1, 0.15) is 0 Å². The average Bonchev–Trinajstić information content (AvgIpc) is 3.47. The van der Waals surface area contributed by atoms with Gasteiger partial charge in [-0.15, -0.1) is 0 Å². The van der Waals surface area contributed by atoms with Gasteiger partial charge in [0, 0.05) is 15.6 Å². The maximum atomic E-state index is 13.0. The van der Waals surface area contributed by atoms with E-state index in [1.165, 1.54) is 11.8 Å². The van der Waals surface area contributed by atoms with Crippen LogP contribution < -0.4 is 5.01 Å². The standard InChI is InChI=1S/C30H22Cl2N2O2S2/c1-2-36-28(35)27-33-34(24-8-4-3-5-9-24)30(37-27)26-11-7-6-10-25(26)29(38-30,20-12-16-22(31)17-13-20)21-14-18-23(32)19-15-21/h3-19H,2H2,1H3. The summed E-state index contributed by atoms with van der Waals surface area (Å²) in [6.45, 7) is 2.08. The maximum Gasteiger partial charge on any atom is 0.365 e. The minimum atomic E-state index is -0.778. The van der Waals surface area contributed by atoms with Crippen LogP contribution in [0.15, 0.2) is 108 Å². The lowest BCUT2D eigenvalue weighted by Crippen LogP contribution is -2.34. The van der Waals surface area contributed by atoms with Gasteiger partial charge < -0.3 is 4.74 Å². The third-order valence-corrected chi connectivity index (χ3v) is 10.4. The number of esters is 1. The number of carbonyl (C=O) groups excluding carboxylic acids is 1. The number of hydrogen-bond donors (Lipinski definition) is 0. The maximum absolute atomic E-state index is 13.0. The topological polar surface area (TPSA) is 41.9 Å². The van der Waals surface area contributed by atoms with Crippen LogP contribution in [0.5, 0.6) is 0 Å². The highest BCUT2D eigenvalue weighted by atomic mass is 35.5. The molecule has 1 atom stereocenters. The summed E-state index contributed by atoms with van der Waals surface area (Å²) in [5.74, 6) is -0.427. The molecule has 2 heterocycles. The first-order valence-corrected chi connectivity index (χ1v) is 14.5. The van der Waals surface area contributed by atoms with Crippen molar-refractivity contribution in [2.45, 2.75) is 15.9 Å². The molecule has 0 bridgehead atoms. The van der Waals surface area contributed by atoms with Crippen molar-refractivity contribution in [3.05, 3.63) is 135 Å². The molecule has 2 aliphatic heterocycles. The van der Waals surface area contributed by atoms with Crippen LogP contribution in [0.4, 0.5) is 5.69 Å². The van der Waals surface area contributed by atoms with Crippen molar-refractivity contribution in [2.75, 3.05) is 11.6 Å². The van der Waals surface area contributed by atoms with Crippen molar-refractivity contribution >= 4 is 63.4 Å². The van der Waals surface area contributed by atoms with E-state index in [9.17, 15) is 4.79 Å². The van der Waals surface area contributed by atoms with E-state index in [4.69, 9.17) is 33.0 Å². The summed E-state index contributed by atoms with van der Waals surface area (Å²) in [6.07, 6.45) is 0. The fourth-order valence-corrected chi connectivity index (χ4v) is 8.81. The van der Waals surface area contributed by atoms with Crippen LogP contribution in [-0.4, -0.2) is 17.6 Å². The number of rotatable bonds is 5. The molecule has 2 aliphatic rings. The number of halogens is 2. The SMILES string of the molecule is CCOC(=O)C1=NN(c2ccccc2)C2(S1)SC(c1ccc(Cl)cc1)(c1ccc(Cl)cc1)c1ccccc12. The van der Waals surface area contributed by atoms with Gasteiger partial charge in [-0.3, -0.25) is 0 Å². The molecule has 0 aliphatic carbocycles. The molecule has 0 fully saturated rings. The minimum absolute atomic E-state index is 0.278. The zero-order valence-corrected chi connectivity index (χ0v) is 23.5. The summed E-state index contributed by atoms with van der Waals surface area (Å²) in [4.78, 5) is 13.0. The molecule has 0 saturated heterocycles. The van der Waals surface area contributed by atoms with Gasteiger partial charge >= 0.3 is 5.97 Å². The number of thioether (sulfide) groups is 2. The second-order valence-electron chi connectivity index (χ2n) is 8.80. The molecule has 1 spiro atoms. The minimum Gasteiger partial charge on any atom is -0.461 e. The number of anilines is 1. The van der Waals surface area contributed by atoms with Crippen LogP contribution in [0.1, 0.15) is 29.2 Å². The number of hydrogen-bond acceptors (Lipinski definition) is 6. The van der Waals surface area contributed by atoms with Crippen molar-refractivity contribution < 1.29 is 9.53 Å². The third kappa shape index (κ3) is 4.02. The van der Waals surface area contributed by atoms with Crippen molar-refractivity contribution in [2.24, 2.45) is 5.10 Å². The average molecular weight is 578 g/mol. The van der Waals surface area contributed by atoms with E-state index in [1.54, 1.807) is 18.7 Å². The predicted octanol–water partition coefficient (Wildman–Crippen LogP) is 8.27. The highest BCUT2D eigenvalue weighted by molar-refractivity contribution is 8.27. The number of hydrazone groups is 1. The first-order chi connectivity index (χ1) is 18.5. The molecule has 38 heavy (non-hydrogen) atoms. The highest BCUT2D eigenvalue weighted by Crippen LogP contribution is 2.70. The molecule has 1 unspecified atom stereocenters. The van der Waals surface area contributed by atoms with E-state index in [-0.39, 0.29) is 6.61 Å². The number of carbonyl (C=O) groups is 1. The number of benzene rings is 4. The molecule has 4 aromatic rings. The number of nitrogens with zero attached hydrogens (tertiary/aromatic N) is 2. The number of ether oxygens (including phenoxy) is 1. The number of para-hydroxylation sites is 1. The Morgan fingerprint density at radius 2 is 1.37 bits per heavy atom. The normalized spacial score (nSPS) is 19.3. The van der Waals surface area contributed by atoms with Gasteiger partial charge in [-0.05, 0) is 60.0 Å². The summed E-state index contributed by atoms with van der Waals surface area (Å²) in [5, 5.41) is 8.48. The van der Waals surface area contributed by atoms with E-state index in [1.807, 2.05) is 65.7 Å². The van der Waals surface area contributed by atoms with Gasteiger partial charge in [-0.25, -0.2) is 9.80 Å². The fraction of sp³-hybridized carbons (Fsp3) is 0.133. The Labute approximate surface area is 240 Å². The van der Waals surface area contributed by atoms with E-state index in [0.717, 1.165) is 27.9 Å². The summed E-state index contributed by atoms with van der Waals surface area (Å²) in [6, 6.07) is 34.3. The smallest absolute Gasteiger partial charge is 0.365 e. The molecule has 4 aromatic carbocycles.